The smallest absolute Gasteiger partial charge is 0.323 e. The first-order valence-corrected chi connectivity index (χ1v) is 10.7. The van der Waals surface area contributed by atoms with Crippen LogP contribution in [0.15, 0.2) is 23.3 Å². The third-order valence-electron chi connectivity index (χ3n) is 5.55. The lowest BCUT2D eigenvalue weighted by Crippen LogP contribution is -2.42. The van der Waals surface area contributed by atoms with E-state index in [-0.39, 0.29) is 18.1 Å². The largest absolute Gasteiger partial charge is 0.493 e. The van der Waals surface area contributed by atoms with Crippen LogP contribution < -0.4 is 11.1 Å². The molecule has 7 heteroatoms. The highest BCUT2D eigenvalue weighted by molar-refractivity contribution is 5.76. The SMILES string of the molecule is COC1=C(OCCN[C@@H](CC(C)C)C(=O)OC2CCCC2)C(C)(OC)CC(N)=C1. The van der Waals surface area contributed by atoms with Gasteiger partial charge in [-0.05, 0) is 44.9 Å². The first kappa shape index (κ1) is 23.5. The summed E-state index contributed by atoms with van der Waals surface area (Å²) >= 11 is 0. The van der Waals surface area contributed by atoms with Gasteiger partial charge in [0.1, 0.15) is 24.4 Å². The van der Waals surface area contributed by atoms with Crippen LogP contribution in [0.3, 0.4) is 0 Å². The highest BCUT2D eigenvalue weighted by Crippen LogP contribution is 2.35. The van der Waals surface area contributed by atoms with E-state index >= 15 is 0 Å². The minimum atomic E-state index is -0.678. The zero-order chi connectivity index (χ0) is 21.4. The molecule has 2 aliphatic rings. The molecular formula is C22H38N2O5. The molecule has 2 aliphatic carbocycles. The molecule has 166 valence electrons. The molecule has 2 atom stereocenters. The monoisotopic (exact) mass is 410 g/mol. The summed E-state index contributed by atoms with van der Waals surface area (Å²) in [5.41, 5.74) is 6.01. The molecule has 0 bridgehead atoms. The summed E-state index contributed by atoms with van der Waals surface area (Å²) < 4.78 is 22.8. The molecular weight excluding hydrogens is 372 g/mol. The Labute approximate surface area is 175 Å². The molecule has 1 saturated carbocycles. The van der Waals surface area contributed by atoms with Gasteiger partial charge in [0.25, 0.3) is 0 Å². The lowest BCUT2D eigenvalue weighted by atomic mass is 9.92. The van der Waals surface area contributed by atoms with Crippen molar-refractivity contribution in [3.63, 3.8) is 0 Å². The van der Waals surface area contributed by atoms with Gasteiger partial charge in [0, 0.05) is 31.8 Å². The Kier molecular flexibility index (Phi) is 8.83. The van der Waals surface area contributed by atoms with Gasteiger partial charge in [-0.25, -0.2) is 0 Å². The summed E-state index contributed by atoms with van der Waals surface area (Å²) in [6, 6.07) is -0.328. The summed E-state index contributed by atoms with van der Waals surface area (Å²) in [5.74, 6) is 1.41. The van der Waals surface area contributed by atoms with Crippen molar-refractivity contribution in [1.29, 1.82) is 0 Å². The van der Waals surface area contributed by atoms with E-state index in [0.717, 1.165) is 32.1 Å². The number of rotatable bonds is 11. The Morgan fingerprint density at radius 2 is 2.00 bits per heavy atom. The van der Waals surface area contributed by atoms with Crippen LogP contribution in [-0.2, 0) is 23.7 Å². The molecule has 0 aromatic heterocycles. The van der Waals surface area contributed by atoms with Gasteiger partial charge in [0.15, 0.2) is 11.5 Å². The predicted octanol–water partition coefficient (Wildman–Crippen LogP) is 3.00. The summed E-state index contributed by atoms with van der Waals surface area (Å²) in [6.07, 6.45) is 7.34. The number of hydrogen-bond acceptors (Lipinski definition) is 7. The van der Waals surface area contributed by atoms with Crippen molar-refractivity contribution in [2.24, 2.45) is 11.7 Å². The highest BCUT2D eigenvalue weighted by atomic mass is 16.6. The van der Waals surface area contributed by atoms with Crippen LogP contribution in [0.1, 0.15) is 59.3 Å². The van der Waals surface area contributed by atoms with Crippen molar-refractivity contribution in [2.75, 3.05) is 27.4 Å². The molecule has 0 saturated heterocycles. The standard InChI is InChI=1S/C22H38N2O5/c1-15(2)12-18(21(25)29-17-8-6-7-9-17)24-10-11-28-20-19(26-4)13-16(23)14-22(20,3)27-5/h13,15,17-18,24H,6-12,14,23H2,1-5H3/t18-,22?/m0/s1. The first-order chi connectivity index (χ1) is 13.8. The van der Waals surface area contributed by atoms with Crippen molar-refractivity contribution < 1.29 is 23.7 Å². The van der Waals surface area contributed by atoms with E-state index in [1.54, 1.807) is 20.3 Å². The molecule has 29 heavy (non-hydrogen) atoms. The van der Waals surface area contributed by atoms with Gasteiger partial charge in [0.2, 0.25) is 0 Å². The van der Waals surface area contributed by atoms with Gasteiger partial charge in [-0.1, -0.05) is 13.8 Å². The lowest BCUT2D eigenvalue weighted by Gasteiger charge is -2.34. The number of esters is 1. The fourth-order valence-electron chi connectivity index (χ4n) is 3.93. The second-order valence-electron chi connectivity index (χ2n) is 8.56. The van der Waals surface area contributed by atoms with Crippen LogP contribution in [0, 0.1) is 5.92 Å². The van der Waals surface area contributed by atoms with Crippen molar-refractivity contribution in [1.82, 2.24) is 5.32 Å². The summed E-state index contributed by atoms with van der Waals surface area (Å²) in [7, 11) is 3.21. The third kappa shape index (κ3) is 6.64. The Morgan fingerprint density at radius 1 is 1.31 bits per heavy atom. The number of nitrogens with two attached hydrogens (primary N) is 1. The van der Waals surface area contributed by atoms with Crippen LogP contribution in [0.5, 0.6) is 0 Å². The molecule has 7 nitrogen and oxygen atoms in total. The van der Waals surface area contributed by atoms with Gasteiger partial charge < -0.3 is 30.0 Å². The molecule has 0 radical (unpaired) electrons. The number of nitrogens with one attached hydrogen (secondary N) is 1. The molecule has 2 rings (SSSR count). The average molecular weight is 411 g/mol. The van der Waals surface area contributed by atoms with Gasteiger partial charge in [0.05, 0.1) is 7.11 Å². The van der Waals surface area contributed by atoms with Gasteiger partial charge in [-0.15, -0.1) is 0 Å². The second-order valence-corrected chi connectivity index (χ2v) is 8.56. The minimum Gasteiger partial charge on any atom is -0.493 e. The molecule has 0 aromatic carbocycles. The van der Waals surface area contributed by atoms with E-state index in [2.05, 4.69) is 19.2 Å². The van der Waals surface area contributed by atoms with Gasteiger partial charge in [-0.2, -0.15) is 0 Å². The normalized spacial score (nSPS) is 23.9. The zero-order valence-corrected chi connectivity index (χ0v) is 18.6. The number of carbonyl (C=O) groups is 1. The van der Waals surface area contributed by atoms with Crippen molar-refractivity contribution in [3.05, 3.63) is 23.3 Å². The summed E-state index contributed by atoms with van der Waals surface area (Å²) in [6.45, 7) is 7.02. The number of ether oxygens (including phenoxy) is 4. The zero-order valence-electron chi connectivity index (χ0n) is 18.6. The maximum absolute atomic E-state index is 12.6. The molecule has 1 fully saturated rings. The Balaban J connectivity index is 1.93. The minimum absolute atomic E-state index is 0.0755. The van der Waals surface area contributed by atoms with E-state index in [4.69, 9.17) is 24.7 Å². The highest BCUT2D eigenvalue weighted by Gasteiger charge is 2.37. The molecule has 0 heterocycles. The van der Waals surface area contributed by atoms with Crippen molar-refractivity contribution in [2.45, 2.75) is 77.0 Å². The second kappa shape index (κ2) is 10.9. The molecule has 0 aliphatic heterocycles. The van der Waals surface area contributed by atoms with Crippen LogP contribution >= 0.6 is 0 Å². The van der Waals surface area contributed by atoms with Crippen LogP contribution in [0.25, 0.3) is 0 Å². The quantitative estimate of drug-likeness (QED) is 0.399. The fourth-order valence-corrected chi connectivity index (χ4v) is 3.93. The first-order valence-electron chi connectivity index (χ1n) is 10.7. The number of hydrogen-bond donors (Lipinski definition) is 2. The molecule has 0 aromatic rings. The third-order valence-corrected chi connectivity index (χ3v) is 5.55. The van der Waals surface area contributed by atoms with Crippen LogP contribution in [0.2, 0.25) is 0 Å². The van der Waals surface area contributed by atoms with E-state index in [9.17, 15) is 4.79 Å². The lowest BCUT2D eigenvalue weighted by molar-refractivity contribution is -0.151. The predicted molar refractivity (Wildman–Crippen MR) is 112 cm³/mol. The maximum Gasteiger partial charge on any atom is 0.323 e. The number of methoxy groups -OCH3 is 2. The van der Waals surface area contributed by atoms with E-state index in [0.29, 0.717) is 42.7 Å². The van der Waals surface area contributed by atoms with Gasteiger partial charge in [-0.3, -0.25) is 4.79 Å². The van der Waals surface area contributed by atoms with Gasteiger partial charge >= 0.3 is 5.97 Å². The summed E-state index contributed by atoms with van der Waals surface area (Å²) in [5, 5.41) is 3.31. The topological polar surface area (TPSA) is 92.0 Å². The van der Waals surface area contributed by atoms with Crippen molar-refractivity contribution >= 4 is 5.97 Å². The number of carbonyl (C=O) groups excluding carboxylic acids is 1. The summed E-state index contributed by atoms with van der Waals surface area (Å²) in [4.78, 5) is 12.6. The number of allylic oxidation sites excluding steroid dienone is 1. The Hall–Kier alpha value is -1.73. The molecule has 1 unspecified atom stereocenters. The fraction of sp³-hybridized carbons (Fsp3) is 0.773. The van der Waals surface area contributed by atoms with Crippen molar-refractivity contribution in [3.8, 4) is 0 Å². The van der Waals surface area contributed by atoms with Crippen LogP contribution in [0.4, 0.5) is 0 Å². The van der Waals surface area contributed by atoms with Crippen LogP contribution in [-0.4, -0.2) is 51.1 Å². The molecule has 0 spiro atoms. The Bertz CT molecular complexity index is 610. The Morgan fingerprint density at radius 3 is 2.59 bits per heavy atom. The van der Waals surface area contributed by atoms with E-state index in [1.807, 2.05) is 6.92 Å². The van der Waals surface area contributed by atoms with E-state index in [1.165, 1.54) is 0 Å². The molecule has 0 amide bonds. The average Bonchev–Trinajstić information content (AvgIpc) is 3.17. The molecule has 3 N–H and O–H groups in total. The maximum atomic E-state index is 12.6. The van der Waals surface area contributed by atoms with E-state index < -0.39 is 5.60 Å².